The van der Waals surface area contributed by atoms with Crippen LogP contribution in [0.5, 0.6) is 0 Å². The molecule has 0 spiro atoms. The van der Waals surface area contributed by atoms with E-state index in [1.165, 1.54) is 0 Å². The van der Waals surface area contributed by atoms with Gasteiger partial charge in [-0.15, -0.1) is 12.3 Å². The fourth-order valence-corrected chi connectivity index (χ4v) is 0.593. The summed E-state index contributed by atoms with van der Waals surface area (Å²) < 4.78 is 0. The van der Waals surface area contributed by atoms with Gasteiger partial charge in [0.05, 0.1) is 18.1 Å². The second-order valence-corrected chi connectivity index (χ2v) is 1.93. The summed E-state index contributed by atoms with van der Waals surface area (Å²) in [4.78, 5) is 0. The molecule has 0 heterocycles. The molecule has 0 bridgehead atoms. The van der Waals surface area contributed by atoms with Crippen LogP contribution in [0.2, 0.25) is 0 Å². The number of rotatable bonds is 3. The van der Waals surface area contributed by atoms with Gasteiger partial charge in [0.2, 0.25) is 0 Å². The molecule has 0 aromatic carbocycles. The van der Waals surface area contributed by atoms with Crippen molar-refractivity contribution in [2.24, 2.45) is 5.92 Å². The Bertz CT molecular complexity index is 199. The molecule has 0 rings (SSSR count). The molecule has 2 nitrogen and oxygen atoms in total. The van der Waals surface area contributed by atoms with Crippen LogP contribution in [0.15, 0.2) is 0 Å². The highest BCUT2D eigenvalue weighted by Gasteiger charge is 2.03. The molecule has 50 valence electrons. The molecule has 1 unspecified atom stereocenters. The predicted octanol–water partition coefficient (Wildman–Crippen LogP) is 1.45. The summed E-state index contributed by atoms with van der Waals surface area (Å²) >= 11 is 0. The fraction of sp³-hybridized carbons (Fsp3) is 0.500. The first-order valence-corrected chi connectivity index (χ1v) is 3.05. The van der Waals surface area contributed by atoms with Gasteiger partial charge in [-0.05, 0) is 6.42 Å². The summed E-state index contributed by atoms with van der Waals surface area (Å²) in [6.45, 7) is 0. The first-order chi connectivity index (χ1) is 4.85. The molecule has 0 aromatic heterocycles. The van der Waals surface area contributed by atoms with Crippen molar-refractivity contribution in [3.8, 4) is 24.5 Å². The summed E-state index contributed by atoms with van der Waals surface area (Å²) in [7, 11) is 0. The average Bonchev–Trinajstić information content (AvgIpc) is 1.98. The van der Waals surface area contributed by atoms with E-state index in [2.05, 4.69) is 5.92 Å². The summed E-state index contributed by atoms with van der Waals surface area (Å²) in [5.74, 6) is 2.26. The summed E-state index contributed by atoms with van der Waals surface area (Å²) in [6.07, 6.45) is 6.46. The maximum atomic E-state index is 8.43. The number of hydrogen-bond donors (Lipinski definition) is 0. The maximum Gasteiger partial charge on any atom is 0.0666 e. The van der Waals surface area contributed by atoms with Gasteiger partial charge in [0.1, 0.15) is 0 Å². The van der Waals surface area contributed by atoms with E-state index in [9.17, 15) is 0 Å². The lowest BCUT2D eigenvalue weighted by Gasteiger charge is -1.97. The number of nitriles is 2. The van der Waals surface area contributed by atoms with Crippen LogP contribution in [0.3, 0.4) is 0 Å². The van der Waals surface area contributed by atoms with E-state index < -0.39 is 0 Å². The molecule has 0 radical (unpaired) electrons. The van der Waals surface area contributed by atoms with E-state index in [0.29, 0.717) is 19.3 Å². The Labute approximate surface area is 61.1 Å². The standard InChI is InChI=1S/C8H8N2/c1-2-4-8(7-10)5-3-6-9/h1,8H,3-5H2. The van der Waals surface area contributed by atoms with Crippen molar-refractivity contribution in [3.63, 3.8) is 0 Å². The Hall–Kier alpha value is -1.46. The minimum absolute atomic E-state index is 0.135. The maximum absolute atomic E-state index is 8.43. The SMILES string of the molecule is C#CCC(C#N)CCC#N. The highest BCUT2D eigenvalue weighted by atomic mass is 14.3. The molecule has 0 aliphatic heterocycles. The second kappa shape index (κ2) is 5.67. The molecule has 0 aliphatic rings. The quantitative estimate of drug-likeness (QED) is 0.545. The Morgan fingerprint density at radius 3 is 2.50 bits per heavy atom. The molecule has 0 aliphatic carbocycles. The monoisotopic (exact) mass is 132 g/mol. The first-order valence-electron chi connectivity index (χ1n) is 3.05. The highest BCUT2D eigenvalue weighted by Crippen LogP contribution is 2.07. The van der Waals surface area contributed by atoms with Gasteiger partial charge < -0.3 is 0 Å². The summed E-state index contributed by atoms with van der Waals surface area (Å²) in [6, 6.07) is 4.02. The Morgan fingerprint density at radius 2 is 2.10 bits per heavy atom. The third-order valence-corrected chi connectivity index (χ3v) is 1.15. The molecule has 0 fully saturated rings. The lowest BCUT2D eigenvalue weighted by Crippen LogP contribution is -1.93. The number of nitrogens with zero attached hydrogens (tertiary/aromatic N) is 2. The Morgan fingerprint density at radius 1 is 1.40 bits per heavy atom. The van der Waals surface area contributed by atoms with Crippen molar-refractivity contribution in [3.05, 3.63) is 0 Å². The second-order valence-electron chi connectivity index (χ2n) is 1.93. The molecular formula is C8H8N2. The van der Waals surface area contributed by atoms with E-state index in [1.807, 2.05) is 12.1 Å². The van der Waals surface area contributed by atoms with E-state index in [-0.39, 0.29) is 5.92 Å². The van der Waals surface area contributed by atoms with Gasteiger partial charge in [-0.3, -0.25) is 0 Å². The molecular weight excluding hydrogens is 124 g/mol. The topological polar surface area (TPSA) is 47.6 Å². The van der Waals surface area contributed by atoms with Gasteiger partial charge in [-0.25, -0.2) is 0 Å². The molecule has 0 saturated carbocycles. The third-order valence-electron chi connectivity index (χ3n) is 1.15. The van der Waals surface area contributed by atoms with E-state index in [4.69, 9.17) is 16.9 Å². The highest BCUT2D eigenvalue weighted by molar-refractivity contribution is 4.96. The van der Waals surface area contributed by atoms with Crippen molar-refractivity contribution in [2.75, 3.05) is 0 Å². The van der Waals surface area contributed by atoms with Gasteiger partial charge in [0.15, 0.2) is 0 Å². The van der Waals surface area contributed by atoms with Crippen molar-refractivity contribution in [2.45, 2.75) is 19.3 Å². The molecule has 2 heteroatoms. The van der Waals surface area contributed by atoms with Crippen LogP contribution < -0.4 is 0 Å². The number of terminal acetylenes is 1. The van der Waals surface area contributed by atoms with Crippen LogP contribution in [-0.2, 0) is 0 Å². The zero-order chi connectivity index (χ0) is 7.82. The van der Waals surface area contributed by atoms with Gasteiger partial charge in [0.25, 0.3) is 0 Å². The van der Waals surface area contributed by atoms with Gasteiger partial charge >= 0.3 is 0 Å². The molecule has 0 amide bonds. The zero-order valence-corrected chi connectivity index (χ0v) is 5.67. The van der Waals surface area contributed by atoms with Crippen LogP contribution in [-0.4, -0.2) is 0 Å². The Kier molecular flexibility index (Phi) is 4.84. The van der Waals surface area contributed by atoms with Crippen molar-refractivity contribution in [1.29, 1.82) is 10.5 Å². The minimum Gasteiger partial charge on any atom is -0.198 e. The molecule has 0 aromatic rings. The van der Waals surface area contributed by atoms with Crippen molar-refractivity contribution in [1.82, 2.24) is 0 Å². The van der Waals surface area contributed by atoms with Crippen LogP contribution in [0, 0.1) is 40.9 Å². The zero-order valence-electron chi connectivity index (χ0n) is 5.67. The lowest BCUT2D eigenvalue weighted by molar-refractivity contribution is 0.632. The Balaban J connectivity index is 3.57. The largest absolute Gasteiger partial charge is 0.198 e. The first kappa shape index (κ1) is 8.54. The van der Waals surface area contributed by atoms with E-state index >= 15 is 0 Å². The summed E-state index contributed by atoms with van der Waals surface area (Å²) in [5, 5.41) is 16.6. The summed E-state index contributed by atoms with van der Waals surface area (Å²) in [5.41, 5.74) is 0. The average molecular weight is 132 g/mol. The van der Waals surface area contributed by atoms with Crippen molar-refractivity contribution >= 4 is 0 Å². The van der Waals surface area contributed by atoms with Crippen LogP contribution in [0.1, 0.15) is 19.3 Å². The fourth-order valence-electron chi connectivity index (χ4n) is 0.593. The third kappa shape index (κ3) is 3.53. The molecule has 0 N–H and O–H groups in total. The molecule has 10 heavy (non-hydrogen) atoms. The minimum atomic E-state index is -0.135. The van der Waals surface area contributed by atoms with Gasteiger partial charge in [-0.2, -0.15) is 10.5 Å². The molecule has 1 atom stereocenters. The van der Waals surface area contributed by atoms with Crippen LogP contribution >= 0.6 is 0 Å². The predicted molar refractivity (Wildman–Crippen MR) is 37.4 cm³/mol. The van der Waals surface area contributed by atoms with Gasteiger partial charge in [0, 0.05) is 12.8 Å². The lowest BCUT2D eigenvalue weighted by atomic mass is 10.0. The van der Waals surface area contributed by atoms with E-state index in [0.717, 1.165) is 0 Å². The molecule has 0 saturated heterocycles. The normalized spacial score (nSPS) is 10.5. The van der Waals surface area contributed by atoms with Crippen molar-refractivity contribution < 1.29 is 0 Å². The van der Waals surface area contributed by atoms with Crippen LogP contribution in [0.25, 0.3) is 0 Å². The van der Waals surface area contributed by atoms with Gasteiger partial charge in [-0.1, -0.05) is 0 Å². The number of hydrogen-bond acceptors (Lipinski definition) is 2. The van der Waals surface area contributed by atoms with E-state index in [1.54, 1.807) is 0 Å². The smallest absolute Gasteiger partial charge is 0.0666 e. The van der Waals surface area contributed by atoms with Crippen LogP contribution in [0.4, 0.5) is 0 Å².